The van der Waals surface area contributed by atoms with Gasteiger partial charge in [0.2, 0.25) is 5.91 Å². The van der Waals surface area contributed by atoms with Gasteiger partial charge in [-0.1, -0.05) is 11.6 Å². The van der Waals surface area contributed by atoms with Crippen LogP contribution in [0.2, 0.25) is 5.02 Å². The molecule has 2 aliphatic heterocycles. The summed E-state index contributed by atoms with van der Waals surface area (Å²) in [4.78, 5) is 26.7. The molecule has 8 heteroatoms. The van der Waals surface area contributed by atoms with Crippen LogP contribution in [0, 0.1) is 5.92 Å². The topological polar surface area (TPSA) is 70.7 Å². The van der Waals surface area contributed by atoms with E-state index in [4.69, 9.17) is 16.3 Å². The first kappa shape index (κ1) is 21.0. The van der Waals surface area contributed by atoms with E-state index in [0.29, 0.717) is 48.6 Å². The normalized spacial score (nSPS) is 23.1. The number of nitrogens with one attached hydrogen (secondary N) is 2. The summed E-state index contributed by atoms with van der Waals surface area (Å²) >= 11 is 6.30. The van der Waals surface area contributed by atoms with Gasteiger partial charge < -0.3 is 20.3 Å². The van der Waals surface area contributed by atoms with Gasteiger partial charge in [-0.3, -0.25) is 9.59 Å². The molecule has 0 unspecified atom stereocenters. The van der Waals surface area contributed by atoms with Crippen LogP contribution in [0.25, 0.3) is 0 Å². The van der Waals surface area contributed by atoms with Crippen molar-refractivity contribution in [1.82, 2.24) is 10.2 Å². The summed E-state index contributed by atoms with van der Waals surface area (Å²) in [5.41, 5.74) is 1.08. The zero-order valence-electron chi connectivity index (χ0n) is 14.8. The minimum atomic E-state index is -0.0987. The molecule has 0 radical (unpaired) electrons. The molecule has 0 spiro atoms. The highest BCUT2D eigenvalue weighted by Crippen LogP contribution is 2.24. The van der Waals surface area contributed by atoms with E-state index in [2.05, 4.69) is 17.6 Å². The molecule has 2 atom stereocenters. The highest BCUT2D eigenvalue weighted by atomic mass is 35.5. The number of nitrogens with zero attached hydrogens (tertiary/aromatic N) is 1. The van der Waals surface area contributed by atoms with Crippen LogP contribution < -0.4 is 10.6 Å². The molecule has 0 bridgehead atoms. The number of carbonyl (C=O) groups excluding carboxylic acids is 2. The second-order valence-corrected chi connectivity index (χ2v) is 7.07. The molecule has 2 fully saturated rings. The molecule has 2 aliphatic rings. The van der Waals surface area contributed by atoms with E-state index in [1.165, 1.54) is 0 Å². The molecule has 1 aromatic carbocycles. The van der Waals surface area contributed by atoms with Crippen LogP contribution in [0.4, 0.5) is 5.69 Å². The molecule has 2 amide bonds. The van der Waals surface area contributed by atoms with Crippen LogP contribution in [0.3, 0.4) is 0 Å². The van der Waals surface area contributed by atoms with E-state index in [1.54, 1.807) is 23.1 Å². The molecule has 3 rings (SSSR count). The zero-order valence-corrected chi connectivity index (χ0v) is 16.4. The Morgan fingerprint density at radius 2 is 2.04 bits per heavy atom. The number of morpholine rings is 1. The van der Waals surface area contributed by atoms with Crippen molar-refractivity contribution in [2.45, 2.75) is 25.8 Å². The van der Waals surface area contributed by atoms with Crippen LogP contribution in [0.15, 0.2) is 18.2 Å². The third-order valence-electron chi connectivity index (χ3n) is 4.76. The molecule has 144 valence electrons. The molecule has 2 N–H and O–H groups in total. The monoisotopic (exact) mass is 401 g/mol. The highest BCUT2D eigenvalue weighted by Gasteiger charge is 2.25. The number of hydrogen-bond acceptors (Lipinski definition) is 4. The van der Waals surface area contributed by atoms with E-state index in [1.807, 2.05) is 0 Å². The Labute approximate surface area is 165 Å². The molecule has 0 saturated carbocycles. The van der Waals surface area contributed by atoms with Crippen molar-refractivity contribution in [2.75, 3.05) is 38.2 Å². The van der Waals surface area contributed by atoms with Gasteiger partial charge in [-0.05, 0) is 44.5 Å². The van der Waals surface area contributed by atoms with Crippen LogP contribution in [-0.2, 0) is 9.53 Å². The third kappa shape index (κ3) is 5.10. The van der Waals surface area contributed by atoms with Crippen LogP contribution in [0.5, 0.6) is 0 Å². The summed E-state index contributed by atoms with van der Waals surface area (Å²) < 4.78 is 5.27. The highest BCUT2D eigenvalue weighted by molar-refractivity contribution is 6.34. The molecule has 0 aliphatic carbocycles. The number of ether oxygens (including phenoxy) is 1. The average Bonchev–Trinajstić information content (AvgIpc) is 2.62. The minimum Gasteiger partial charge on any atom is -0.378 e. The summed E-state index contributed by atoms with van der Waals surface area (Å²) in [6.07, 6.45) is 1.66. The first-order chi connectivity index (χ1) is 12.0. The second kappa shape index (κ2) is 9.55. The number of anilines is 1. The Balaban J connectivity index is 0.00000243. The van der Waals surface area contributed by atoms with Gasteiger partial charge in [0.1, 0.15) is 0 Å². The van der Waals surface area contributed by atoms with Gasteiger partial charge in [0.05, 0.1) is 23.8 Å². The molecule has 0 aromatic heterocycles. The van der Waals surface area contributed by atoms with E-state index in [9.17, 15) is 9.59 Å². The largest absolute Gasteiger partial charge is 0.378 e. The number of halogens is 2. The van der Waals surface area contributed by atoms with Crippen molar-refractivity contribution in [2.24, 2.45) is 5.92 Å². The maximum absolute atomic E-state index is 12.5. The SMILES string of the molecule is C[C@H]1C[C@@H](C(=O)Nc2ccc(C(=O)N3CCOCC3)c(Cl)c2)CCN1.Cl. The number of benzene rings is 1. The summed E-state index contributed by atoms with van der Waals surface area (Å²) in [5, 5.41) is 6.62. The number of rotatable bonds is 3. The molecule has 2 heterocycles. The maximum Gasteiger partial charge on any atom is 0.255 e. The van der Waals surface area contributed by atoms with Gasteiger partial charge in [0, 0.05) is 30.7 Å². The quantitative estimate of drug-likeness (QED) is 0.816. The predicted octanol–water partition coefficient (Wildman–Crippen LogP) is 2.56. The van der Waals surface area contributed by atoms with Gasteiger partial charge in [0.15, 0.2) is 0 Å². The van der Waals surface area contributed by atoms with Gasteiger partial charge in [0.25, 0.3) is 5.91 Å². The van der Waals surface area contributed by atoms with Crippen molar-refractivity contribution in [3.63, 3.8) is 0 Å². The summed E-state index contributed by atoms with van der Waals surface area (Å²) in [6.45, 7) is 5.18. The van der Waals surface area contributed by atoms with Crippen molar-refractivity contribution in [3.8, 4) is 0 Å². The number of amides is 2. The van der Waals surface area contributed by atoms with E-state index in [0.717, 1.165) is 19.4 Å². The Hall–Kier alpha value is -1.34. The van der Waals surface area contributed by atoms with Crippen LogP contribution in [0.1, 0.15) is 30.1 Å². The van der Waals surface area contributed by atoms with Crippen molar-refractivity contribution < 1.29 is 14.3 Å². The second-order valence-electron chi connectivity index (χ2n) is 6.66. The van der Waals surface area contributed by atoms with Gasteiger partial charge >= 0.3 is 0 Å². The molecular weight excluding hydrogens is 377 g/mol. The summed E-state index contributed by atoms with van der Waals surface area (Å²) in [6, 6.07) is 5.42. The molecule has 26 heavy (non-hydrogen) atoms. The third-order valence-corrected chi connectivity index (χ3v) is 5.07. The molecule has 1 aromatic rings. The lowest BCUT2D eigenvalue weighted by atomic mass is 9.92. The van der Waals surface area contributed by atoms with E-state index >= 15 is 0 Å². The predicted molar refractivity (Wildman–Crippen MR) is 104 cm³/mol. The summed E-state index contributed by atoms with van der Waals surface area (Å²) in [7, 11) is 0. The van der Waals surface area contributed by atoms with Crippen molar-refractivity contribution in [1.29, 1.82) is 0 Å². The van der Waals surface area contributed by atoms with Gasteiger partial charge in [-0.25, -0.2) is 0 Å². The lowest BCUT2D eigenvalue weighted by Gasteiger charge is -2.28. The first-order valence-electron chi connectivity index (χ1n) is 8.75. The van der Waals surface area contributed by atoms with E-state index in [-0.39, 0.29) is 30.1 Å². The Kier molecular flexibility index (Phi) is 7.70. The Bertz CT molecular complexity index is 651. The average molecular weight is 402 g/mol. The fourth-order valence-electron chi connectivity index (χ4n) is 3.32. The fraction of sp³-hybridized carbons (Fsp3) is 0.556. The lowest BCUT2D eigenvalue weighted by Crippen LogP contribution is -2.41. The Morgan fingerprint density at radius 1 is 1.31 bits per heavy atom. The van der Waals surface area contributed by atoms with Crippen LogP contribution >= 0.6 is 24.0 Å². The standard InChI is InChI=1S/C18H24ClN3O3.ClH/c1-12-10-13(4-5-20-12)17(23)21-14-2-3-15(16(19)11-14)18(24)22-6-8-25-9-7-22;/h2-3,11-13,20H,4-10H2,1H3,(H,21,23);1H/t12-,13-;/m0./s1. The smallest absolute Gasteiger partial charge is 0.255 e. The van der Waals surface area contributed by atoms with Gasteiger partial charge in [-0.2, -0.15) is 0 Å². The lowest BCUT2D eigenvalue weighted by molar-refractivity contribution is -0.120. The first-order valence-corrected chi connectivity index (χ1v) is 9.13. The van der Waals surface area contributed by atoms with Gasteiger partial charge in [-0.15, -0.1) is 12.4 Å². The number of hydrogen-bond donors (Lipinski definition) is 2. The molecular formula is C18H25Cl2N3O3. The molecule has 2 saturated heterocycles. The Morgan fingerprint density at radius 3 is 2.69 bits per heavy atom. The van der Waals surface area contributed by atoms with Crippen molar-refractivity contribution >= 4 is 41.5 Å². The molecule has 6 nitrogen and oxygen atoms in total. The fourth-order valence-corrected chi connectivity index (χ4v) is 3.58. The number of carbonyl (C=O) groups is 2. The number of piperidine rings is 1. The minimum absolute atomic E-state index is 0. The maximum atomic E-state index is 12.5. The van der Waals surface area contributed by atoms with Crippen molar-refractivity contribution in [3.05, 3.63) is 28.8 Å². The van der Waals surface area contributed by atoms with Crippen LogP contribution in [-0.4, -0.2) is 55.6 Å². The van der Waals surface area contributed by atoms with E-state index < -0.39 is 0 Å². The zero-order chi connectivity index (χ0) is 17.8. The summed E-state index contributed by atoms with van der Waals surface area (Å²) in [5.74, 6) is -0.0836.